The number of carbonyl (C=O) groups is 1. The van der Waals surface area contributed by atoms with E-state index in [9.17, 15) is 4.79 Å². The van der Waals surface area contributed by atoms with Gasteiger partial charge in [0.2, 0.25) is 5.88 Å². The molecule has 30 heavy (non-hydrogen) atoms. The van der Waals surface area contributed by atoms with Crippen LogP contribution in [0.1, 0.15) is 40.4 Å². The normalized spacial score (nSPS) is 14.5. The van der Waals surface area contributed by atoms with Gasteiger partial charge in [0, 0.05) is 19.0 Å². The van der Waals surface area contributed by atoms with Gasteiger partial charge in [-0.2, -0.15) is 0 Å². The zero-order valence-corrected chi connectivity index (χ0v) is 17.2. The van der Waals surface area contributed by atoms with Crippen molar-refractivity contribution in [2.45, 2.75) is 25.0 Å². The maximum Gasteiger partial charge on any atom is 0.253 e. The summed E-state index contributed by atoms with van der Waals surface area (Å²) in [7, 11) is 0. The first-order chi connectivity index (χ1) is 14.7. The van der Waals surface area contributed by atoms with Crippen molar-refractivity contribution < 1.29 is 14.3 Å². The van der Waals surface area contributed by atoms with Gasteiger partial charge in [-0.05, 0) is 17.2 Å². The van der Waals surface area contributed by atoms with Gasteiger partial charge < -0.3 is 14.8 Å². The van der Waals surface area contributed by atoms with Crippen LogP contribution in [-0.4, -0.2) is 30.2 Å². The van der Waals surface area contributed by atoms with Crippen molar-refractivity contribution in [1.29, 1.82) is 0 Å². The zero-order chi connectivity index (χ0) is 20.8. The zero-order valence-electron chi connectivity index (χ0n) is 16.5. The third kappa shape index (κ3) is 4.99. The molecule has 1 aromatic heterocycles. The van der Waals surface area contributed by atoms with E-state index in [1.165, 1.54) is 6.20 Å². The molecule has 3 aromatic rings. The van der Waals surface area contributed by atoms with Crippen LogP contribution >= 0.6 is 11.6 Å². The Bertz CT molecular complexity index is 937. The SMILES string of the molecule is O=C(NC(c1ccccc1)c1ccccc1)c1cnc(OC2CCOCC2)c(Cl)c1. The van der Waals surface area contributed by atoms with Crippen LogP contribution in [0.2, 0.25) is 5.02 Å². The van der Waals surface area contributed by atoms with Crippen LogP contribution in [0.15, 0.2) is 72.9 Å². The monoisotopic (exact) mass is 422 g/mol. The summed E-state index contributed by atoms with van der Waals surface area (Å²) in [5, 5.41) is 3.42. The van der Waals surface area contributed by atoms with Crippen LogP contribution in [0.5, 0.6) is 5.88 Å². The van der Waals surface area contributed by atoms with Crippen LogP contribution in [0, 0.1) is 0 Å². The summed E-state index contributed by atoms with van der Waals surface area (Å²) in [6, 6.07) is 21.0. The molecule has 6 heteroatoms. The number of nitrogens with one attached hydrogen (secondary N) is 1. The number of hydrogen-bond donors (Lipinski definition) is 1. The third-order valence-corrected chi connectivity index (χ3v) is 5.33. The number of amides is 1. The van der Waals surface area contributed by atoms with E-state index in [2.05, 4.69) is 10.3 Å². The number of nitrogens with zero attached hydrogens (tertiary/aromatic N) is 1. The summed E-state index contributed by atoms with van der Waals surface area (Å²) in [4.78, 5) is 17.3. The molecule has 1 aliphatic rings. The molecule has 1 saturated heterocycles. The maximum atomic E-state index is 13.0. The van der Waals surface area contributed by atoms with Gasteiger partial charge in [0.15, 0.2) is 0 Å². The van der Waals surface area contributed by atoms with E-state index < -0.39 is 0 Å². The van der Waals surface area contributed by atoms with E-state index in [1.54, 1.807) is 6.07 Å². The molecule has 5 nitrogen and oxygen atoms in total. The van der Waals surface area contributed by atoms with Gasteiger partial charge in [-0.25, -0.2) is 4.98 Å². The molecule has 0 saturated carbocycles. The van der Waals surface area contributed by atoms with Gasteiger partial charge in [-0.3, -0.25) is 4.79 Å². The molecule has 2 heterocycles. The third-order valence-electron chi connectivity index (χ3n) is 5.06. The van der Waals surface area contributed by atoms with E-state index in [0.29, 0.717) is 29.7 Å². The Kier molecular flexibility index (Phi) is 6.62. The highest BCUT2D eigenvalue weighted by Crippen LogP contribution is 2.27. The molecule has 0 aliphatic carbocycles. The Morgan fingerprint density at radius 2 is 1.63 bits per heavy atom. The van der Waals surface area contributed by atoms with Gasteiger partial charge in [-0.1, -0.05) is 72.3 Å². The van der Waals surface area contributed by atoms with E-state index in [1.807, 2.05) is 60.7 Å². The summed E-state index contributed by atoms with van der Waals surface area (Å²) in [5.74, 6) is 0.0995. The van der Waals surface area contributed by atoms with Crippen molar-refractivity contribution in [1.82, 2.24) is 10.3 Å². The fourth-order valence-electron chi connectivity index (χ4n) is 3.45. The molecule has 1 amide bonds. The lowest BCUT2D eigenvalue weighted by atomic mass is 9.98. The summed E-state index contributed by atoms with van der Waals surface area (Å²) >= 11 is 6.36. The number of rotatable bonds is 6. The number of hydrogen-bond acceptors (Lipinski definition) is 4. The first-order valence-corrected chi connectivity index (χ1v) is 10.4. The van der Waals surface area contributed by atoms with E-state index >= 15 is 0 Å². The van der Waals surface area contributed by atoms with Crippen LogP contribution in [-0.2, 0) is 4.74 Å². The van der Waals surface area contributed by atoms with E-state index in [-0.39, 0.29) is 18.1 Å². The van der Waals surface area contributed by atoms with Crippen molar-refractivity contribution in [2.24, 2.45) is 0 Å². The molecule has 0 spiro atoms. The molecule has 0 atom stereocenters. The predicted molar refractivity (Wildman–Crippen MR) is 116 cm³/mol. The highest BCUT2D eigenvalue weighted by Gasteiger charge is 2.21. The van der Waals surface area contributed by atoms with E-state index in [4.69, 9.17) is 21.1 Å². The van der Waals surface area contributed by atoms with Crippen molar-refractivity contribution in [3.05, 3.63) is 94.6 Å². The molecule has 2 aromatic carbocycles. The van der Waals surface area contributed by atoms with Crippen LogP contribution in [0.4, 0.5) is 0 Å². The van der Waals surface area contributed by atoms with Gasteiger partial charge >= 0.3 is 0 Å². The summed E-state index contributed by atoms with van der Waals surface area (Å²) in [5.41, 5.74) is 2.38. The minimum absolute atomic E-state index is 0.0315. The molecule has 154 valence electrons. The predicted octanol–water partition coefficient (Wildman–Crippen LogP) is 4.81. The molecule has 1 aliphatic heterocycles. The van der Waals surface area contributed by atoms with Gasteiger partial charge in [0.1, 0.15) is 11.1 Å². The van der Waals surface area contributed by atoms with Crippen molar-refractivity contribution in [3.63, 3.8) is 0 Å². The molecule has 4 rings (SSSR count). The van der Waals surface area contributed by atoms with Crippen molar-refractivity contribution in [2.75, 3.05) is 13.2 Å². The topological polar surface area (TPSA) is 60.5 Å². The van der Waals surface area contributed by atoms with Gasteiger partial charge in [0.25, 0.3) is 5.91 Å². The lowest BCUT2D eigenvalue weighted by molar-refractivity contribution is 0.0238. The van der Waals surface area contributed by atoms with Crippen molar-refractivity contribution in [3.8, 4) is 5.88 Å². The fourth-order valence-corrected chi connectivity index (χ4v) is 3.66. The lowest BCUT2D eigenvalue weighted by Crippen LogP contribution is -2.29. The number of aromatic nitrogens is 1. The molecular weight excluding hydrogens is 400 g/mol. The van der Waals surface area contributed by atoms with Crippen LogP contribution in [0.25, 0.3) is 0 Å². The number of pyridine rings is 1. The Morgan fingerprint density at radius 3 is 2.20 bits per heavy atom. The fraction of sp³-hybridized carbons (Fsp3) is 0.250. The Balaban J connectivity index is 1.52. The Labute approximate surface area is 181 Å². The minimum Gasteiger partial charge on any atom is -0.473 e. The quantitative estimate of drug-likeness (QED) is 0.619. The average molecular weight is 423 g/mol. The summed E-state index contributed by atoms with van der Waals surface area (Å²) in [6.07, 6.45) is 3.14. The number of carbonyl (C=O) groups excluding carboxylic acids is 1. The first-order valence-electron chi connectivity index (χ1n) is 10.0. The molecule has 0 radical (unpaired) electrons. The maximum absolute atomic E-state index is 13.0. The molecule has 1 fully saturated rings. The minimum atomic E-state index is -0.281. The average Bonchev–Trinajstić information content (AvgIpc) is 2.80. The van der Waals surface area contributed by atoms with Crippen LogP contribution in [0.3, 0.4) is 0 Å². The first kappa shape index (κ1) is 20.4. The Morgan fingerprint density at radius 1 is 1.03 bits per heavy atom. The number of benzene rings is 2. The molecular formula is C24H23ClN2O3. The van der Waals surface area contributed by atoms with E-state index in [0.717, 1.165) is 24.0 Å². The van der Waals surface area contributed by atoms with Gasteiger partial charge in [0.05, 0.1) is 24.8 Å². The number of ether oxygens (including phenoxy) is 2. The smallest absolute Gasteiger partial charge is 0.253 e. The number of halogens is 1. The van der Waals surface area contributed by atoms with Gasteiger partial charge in [-0.15, -0.1) is 0 Å². The lowest BCUT2D eigenvalue weighted by Gasteiger charge is -2.23. The second kappa shape index (κ2) is 9.74. The Hall–Kier alpha value is -2.89. The highest BCUT2D eigenvalue weighted by molar-refractivity contribution is 6.32. The molecule has 0 unspecified atom stereocenters. The highest BCUT2D eigenvalue weighted by atomic mass is 35.5. The molecule has 1 N–H and O–H groups in total. The standard InChI is InChI=1S/C24H23ClN2O3/c25-21-15-19(16-26-24(21)30-20-11-13-29-14-12-20)23(28)27-22(17-7-3-1-4-8-17)18-9-5-2-6-10-18/h1-10,15-16,20,22H,11-14H2,(H,27,28). The second-order valence-electron chi connectivity index (χ2n) is 7.17. The van der Waals surface area contributed by atoms with Crippen LogP contribution < -0.4 is 10.1 Å². The largest absolute Gasteiger partial charge is 0.473 e. The second-order valence-corrected chi connectivity index (χ2v) is 7.58. The molecule has 0 bridgehead atoms. The van der Waals surface area contributed by atoms with Crippen molar-refractivity contribution >= 4 is 17.5 Å². The summed E-state index contributed by atoms with van der Waals surface area (Å²) in [6.45, 7) is 1.34. The summed E-state index contributed by atoms with van der Waals surface area (Å²) < 4.78 is 11.2.